The molecule has 0 saturated heterocycles. The van der Waals surface area contributed by atoms with Gasteiger partial charge in [-0.05, 0) is 38.7 Å². The summed E-state index contributed by atoms with van der Waals surface area (Å²) in [6.45, 7) is 10.9. The molecule has 0 radical (unpaired) electrons. The van der Waals surface area contributed by atoms with E-state index in [-0.39, 0.29) is 0 Å². The van der Waals surface area contributed by atoms with Gasteiger partial charge in [-0.25, -0.2) is 0 Å². The minimum atomic E-state index is 0.428. The summed E-state index contributed by atoms with van der Waals surface area (Å²) in [5.41, 5.74) is 7.18. The fraction of sp³-hybridized carbons (Fsp3) is 0.318. The summed E-state index contributed by atoms with van der Waals surface area (Å²) < 4.78 is 0. The van der Waals surface area contributed by atoms with Gasteiger partial charge in [0.2, 0.25) is 0 Å². The second-order valence-corrected chi connectivity index (χ2v) is 6.39. The Morgan fingerprint density at radius 1 is 0.913 bits per heavy atom. The van der Waals surface area contributed by atoms with Crippen LogP contribution in [0.3, 0.4) is 0 Å². The van der Waals surface area contributed by atoms with Crippen LogP contribution in [0.1, 0.15) is 50.8 Å². The molecule has 2 aromatic carbocycles. The zero-order valence-corrected chi connectivity index (χ0v) is 14.9. The first-order chi connectivity index (χ1) is 11.0. The highest BCUT2D eigenvalue weighted by molar-refractivity contribution is 6.04. The van der Waals surface area contributed by atoms with Crippen molar-refractivity contribution in [2.24, 2.45) is 10.9 Å². The third-order valence-corrected chi connectivity index (χ3v) is 4.18. The van der Waals surface area contributed by atoms with Crippen LogP contribution in [0.5, 0.6) is 0 Å². The van der Waals surface area contributed by atoms with Crippen molar-refractivity contribution in [1.82, 2.24) is 0 Å². The predicted octanol–water partition coefficient (Wildman–Crippen LogP) is 6.28. The van der Waals surface area contributed by atoms with E-state index in [2.05, 4.69) is 89.2 Å². The number of hydrogen-bond acceptors (Lipinski definition) is 1. The van der Waals surface area contributed by atoms with Crippen molar-refractivity contribution in [2.75, 3.05) is 0 Å². The summed E-state index contributed by atoms with van der Waals surface area (Å²) in [5, 5.41) is 0. The van der Waals surface area contributed by atoms with Crippen LogP contribution in [-0.4, -0.2) is 5.71 Å². The van der Waals surface area contributed by atoms with E-state index in [0.29, 0.717) is 5.92 Å². The van der Waals surface area contributed by atoms with Gasteiger partial charge in [-0.1, -0.05) is 79.6 Å². The summed E-state index contributed by atoms with van der Waals surface area (Å²) >= 11 is 0. The molecule has 0 spiro atoms. The van der Waals surface area contributed by atoms with Crippen molar-refractivity contribution in [3.05, 3.63) is 76.9 Å². The van der Waals surface area contributed by atoms with Gasteiger partial charge in [0.25, 0.3) is 0 Å². The molecule has 0 N–H and O–H groups in total. The molecule has 0 fully saturated rings. The van der Waals surface area contributed by atoms with Gasteiger partial charge < -0.3 is 0 Å². The molecule has 23 heavy (non-hydrogen) atoms. The van der Waals surface area contributed by atoms with Gasteiger partial charge in [-0.3, -0.25) is 4.99 Å². The van der Waals surface area contributed by atoms with Gasteiger partial charge in [-0.15, -0.1) is 0 Å². The van der Waals surface area contributed by atoms with Gasteiger partial charge in [0.05, 0.1) is 11.4 Å². The molecule has 1 nitrogen and oxygen atoms in total. The van der Waals surface area contributed by atoms with Crippen LogP contribution in [0.25, 0.3) is 5.70 Å². The number of nitrogens with zero attached hydrogens (tertiary/aromatic N) is 1. The third-order valence-electron chi connectivity index (χ3n) is 4.18. The minimum absolute atomic E-state index is 0.428. The maximum Gasteiger partial charge on any atom is 0.0692 e. The highest BCUT2D eigenvalue weighted by atomic mass is 14.8. The van der Waals surface area contributed by atoms with E-state index in [1.807, 2.05) is 0 Å². The van der Waals surface area contributed by atoms with Crippen LogP contribution in [0.4, 0.5) is 0 Å². The van der Waals surface area contributed by atoms with Crippen molar-refractivity contribution in [1.29, 1.82) is 0 Å². The van der Waals surface area contributed by atoms with Crippen LogP contribution in [0.15, 0.2) is 65.2 Å². The van der Waals surface area contributed by atoms with Gasteiger partial charge in [0.1, 0.15) is 0 Å². The van der Waals surface area contributed by atoms with Crippen LogP contribution in [0, 0.1) is 12.8 Å². The maximum absolute atomic E-state index is 5.11. The first kappa shape index (κ1) is 17.2. The molecule has 1 unspecified atom stereocenters. The molecule has 1 heteroatoms. The summed E-state index contributed by atoms with van der Waals surface area (Å²) in [6, 6.07) is 19.2. The number of aryl methyl sites for hydroxylation is 1. The summed E-state index contributed by atoms with van der Waals surface area (Å²) in [4.78, 5) is 5.11. The van der Waals surface area contributed by atoms with Gasteiger partial charge in [0.15, 0.2) is 0 Å². The topological polar surface area (TPSA) is 12.4 Å². The number of hydrogen-bond donors (Lipinski definition) is 0. The average Bonchev–Trinajstić information content (AvgIpc) is 2.57. The van der Waals surface area contributed by atoms with Gasteiger partial charge in [-0.2, -0.15) is 0 Å². The molecular formula is C22H27N. The highest BCUT2D eigenvalue weighted by Crippen LogP contribution is 2.24. The van der Waals surface area contributed by atoms with E-state index in [0.717, 1.165) is 12.1 Å². The monoisotopic (exact) mass is 305 g/mol. The Hall–Kier alpha value is -2.15. The Labute approximate surface area is 140 Å². The Morgan fingerprint density at radius 2 is 1.52 bits per heavy atom. The third kappa shape index (κ3) is 4.41. The van der Waals surface area contributed by atoms with Crippen molar-refractivity contribution in [3.63, 3.8) is 0 Å². The van der Waals surface area contributed by atoms with Gasteiger partial charge >= 0.3 is 0 Å². The Balaban J connectivity index is 2.54. The molecule has 0 bridgehead atoms. The van der Waals surface area contributed by atoms with E-state index in [9.17, 15) is 0 Å². The highest BCUT2D eigenvalue weighted by Gasteiger charge is 2.13. The van der Waals surface area contributed by atoms with Crippen molar-refractivity contribution >= 4 is 11.4 Å². The molecule has 0 aromatic heterocycles. The zero-order chi connectivity index (χ0) is 16.8. The predicted molar refractivity (Wildman–Crippen MR) is 102 cm³/mol. The van der Waals surface area contributed by atoms with E-state index >= 15 is 0 Å². The van der Waals surface area contributed by atoms with Gasteiger partial charge in [0, 0.05) is 5.56 Å². The molecule has 0 aliphatic carbocycles. The second-order valence-electron chi connectivity index (χ2n) is 6.39. The molecule has 0 saturated carbocycles. The van der Waals surface area contributed by atoms with Crippen LogP contribution in [-0.2, 0) is 0 Å². The van der Waals surface area contributed by atoms with E-state index in [4.69, 9.17) is 4.99 Å². The fourth-order valence-electron chi connectivity index (χ4n) is 2.56. The van der Waals surface area contributed by atoms with Crippen LogP contribution in [0.2, 0.25) is 0 Å². The Bertz CT molecular complexity index is 687. The first-order valence-electron chi connectivity index (χ1n) is 8.41. The van der Waals surface area contributed by atoms with E-state index in [1.54, 1.807) is 0 Å². The van der Waals surface area contributed by atoms with Crippen LogP contribution < -0.4 is 0 Å². The van der Waals surface area contributed by atoms with Crippen molar-refractivity contribution < 1.29 is 0 Å². The molecule has 2 aromatic rings. The molecule has 120 valence electrons. The Kier molecular flexibility index (Phi) is 5.92. The normalized spacial score (nSPS) is 12.8. The lowest BCUT2D eigenvalue weighted by Crippen LogP contribution is -2.12. The molecule has 1 atom stereocenters. The molecule has 0 aliphatic heterocycles. The maximum atomic E-state index is 5.11. The SMILES string of the molecule is CCC(C)C(=NC(=C(C)C)c1ccc(C)cc1)c1ccccc1. The van der Waals surface area contributed by atoms with E-state index in [1.165, 1.54) is 28.0 Å². The summed E-state index contributed by atoms with van der Waals surface area (Å²) in [5.74, 6) is 0.428. The van der Waals surface area contributed by atoms with Crippen molar-refractivity contribution in [3.8, 4) is 0 Å². The number of allylic oxidation sites excluding steroid dienone is 1. The lowest BCUT2D eigenvalue weighted by molar-refractivity contribution is 0.740. The van der Waals surface area contributed by atoms with Crippen molar-refractivity contribution in [2.45, 2.75) is 41.0 Å². The smallest absolute Gasteiger partial charge is 0.0692 e. The minimum Gasteiger partial charge on any atom is -0.252 e. The first-order valence-corrected chi connectivity index (χ1v) is 8.41. The average molecular weight is 305 g/mol. The second kappa shape index (κ2) is 7.92. The molecule has 2 rings (SSSR count). The fourth-order valence-corrected chi connectivity index (χ4v) is 2.56. The molecule has 0 aliphatic rings. The largest absolute Gasteiger partial charge is 0.252 e. The Morgan fingerprint density at radius 3 is 2.04 bits per heavy atom. The number of benzene rings is 2. The van der Waals surface area contributed by atoms with Crippen LogP contribution >= 0.6 is 0 Å². The molecule has 0 amide bonds. The number of aliphatic imine (C=N–C) groups is 1. The lowest BCUT2D eigenvalue weighted by Gasteiger charge is -2.16. The molecule has 0 heterocycles. The lowest BCUT2D eigenvalue weighted by atomic mass is 9.95. The molecular weight excluding hydrogens is 278 g/mol. The quantitative estimate of drug-likeness (QED) is 0.576. The summed E-state index contributed by atoms with van der Waals surface area (Å²) in [6.07, 6.45) is 1.08. The summed E-state index contributed by atoms with van der Waals surface area (Å²) in [7, 11) is 0. The number of rotatable bonds is 5. The zero-order valence-electron chi connectivity index (χ0n) is 14.9. The van der Waals surface area contributed by atoms with E-state index < -0.39 is 0 Å². The standard InChI is InChI=1S/C22H27N/c1-6-18(5)22(19-10-8-7-9-11-19)23-21(16(2)3)20-14-12-17(4)13-15-20/h7-15,18H,6H2,1-5H3.